The van der Waals surface area contributed by atoms with E-state index in [1.165, 1.54) is 0 Å². The largest absolute Gasteiger partial charge is 0.382 e. The molecule has 0 atom stereocenters. The molecule has 0 saturated heterocycles. The molecule has 7 nitrogen and oxygen atoms in total. The van der Waals surface area contributed by atoms with E-state index in [1.54, 1.807) is 10.9 Å². The zero-order valence-electron chi connectivity index (χ0n) is 9.17. The van der Waals surface area contributed by atoms with Crippen LogP contribution in [0.3, 0.4) is 0 Å². The molecular weight excluding hydrogens is 240 g/mol. The minimum atomic E-state index is -0.579. The third-order valence-electron chi connectivity index (χ3n) is 2.18. The van der Waals surface area contributed by atoms with E-state index in [-0.39, 0.29) is 11.4 Å². The molecule has 0 aromatic carbocycles. The van der Waals surface area contributed by atoms with Crippen LogP contribution in [0.5, 0.6) is 0 Å². The molecule has 2 aromatic heterocycles. The highest BCUT2D eigenvalue weighted by molar-refractivity contribution is 7.11. The fraction of sp³-hybridized carbons (Fsp3) is 0.222. The fourth-order valence-corrected chi connectivity index (χ4v) is 2.12. The number of rotatable bonds is 4. The van der Waals surface area contributed by atoms with E-state index >= 15 is 0 Å². The summed E-state index contributed by atoms with van der Waals surface area (Å²) in [7, 11) is 1.84. The highest BCUT2D eigenvalue weighted by atomic mass is 32.1. The molecule has 17 heavy (non-hydrogen) atoms. The Balaban J connectivity index is 2.11. The van der Waals surface area contributed by atoms with Gasteiger partial charge in [0.05, 0.1) is 6.20 Å². The van der Waals surface area contributed by atoms with E-state index < -0.39 is 5.91 Å². The lowest BCUT2D eigenvalue weighted by atomic mass is 10.3. The van der Waals surface area contributed by atoms with Crippen LogP contribution in [0.4, 0.5) is 10.8 Å². The molecule has 2 rings (SSSR count). The summed E-state index contributed by atoms with van der Waals surface area (Å²) < 4.78 is 5.59. The zero-order chi connectivity index (χ0) is 12.4. The van der Waals surface area contributed by atoms with Crippen molar-refractivity contribution in [3.05, 3.63) is 23.5 Å². The average molecular weight is 252 g/mol. The van der Waals surface area contributed by atoms with Gasteiger partial charge in [0.2, 0.25) is 0 Å². The molecule has 0 aliphatic carbocycles. The molecule has 2 aromatic rings. The maximum atomic E-state index is 11.2. The van der Waals surface area contributed by atoms with Gasteiger partial charge in [0, 0.05) is 25.4 Å². The summed E-state index contributed by atoms with van der Waals surface area (Å²) in [5.41, 5.74) is 12.0. The van der Waals surface area contributed by atoms with Crippen LogP contribution in [0.15, 0.2) is 12.4 Å². The molecular formula is C9H12N6OS. The van der Waals surface area contributed by atoms with Crippen LogP contribution >= 0.6 is 11.5 Å². The minimum absolute atomic E-state index is 0.163. The van der Waals surface area contributed by atoms with Crippen molar-refractivity contribution in [1.82, 2.24) is 14.2 Å². The van der Waals surface area contributed by atoms with Gasteiger partial charge in [-0.25, -0.2) is 0 Å². The number of aromatic nitrogens is 3. The molecule has 2 heterocycles. The van der Waals surface area contributed by atoms with Gasteiger partial charge in [-0.15, -0.1) is 0 Å². The number of nitrogens with zero attached hydrogens (tertiary/aromatic N) is 3. The van der Waals surface area contributed by atoms with E-state index in [0.29, 0.717) is 11.5 Å². The predicted molar refractivity (Wildman–Crippen MR) is 65.6 cm³/mol. The van der Waals surface area contributed by atoms with Crippen molar-refractivity contribution in [2.45, 2.75) is 6.54 Å². The third kappa shape index (κ3) is 2.36. The Morgan fingerprint density at radius 1 is 1.65 bits per heavy atom. The molecule has 0 radical (unpaired) electrons. The molecule has 0 aliphatic rings. The lowest BCUT2D eigenvalue weighted by Gasteiger charge is -2.02. The van der Waals surface area contributed by atoms with Crippen LogP contribution in [0.2, 0.25) is 0 Å². The highest BCUT2D eigenvalue weighted by Gasteiger charge is 2.16. The SMILES string of the molecule is Cn1cc(CNc2snc(N)c2C(N)=O)cn1. The Bertz CT molecular complexity index is 545. The predicted octanol–water partition coefficient (Wildman–Crippen LogP) is 0.170. The number of hydrogen-bond donors (Lipinski definition) is 3. The van der Waals surface area contributed by atoms with E-state index in [4.69, 9.17) is 11.5 Å². The lowest BCUT2D eigenvalue weighted by molar-refractivity contribution is 0.100. The van der Waals surface area contributed by atoms with Crippen LogP contribution in [-0.4, -0.2) is 20.1 Å². The van der Waals surface area contributed by atoms with Gasteiger partial charge >= 0.3 is 0 Å². The molecule has 5 N–H and O–H groups in total. The molecule has 8 heteroatoms. The number of aryl methyl sites for hydroxylation is 1. The standard InChI is InChI=1S/C9H12N6OS/c1-15-4-5(3-13-15)2-12-9-6(8(11)16)7(10)14-17-9/h3-4,12H,2H2,1H3,(H2,10,14)(H2,11,16). The molecule has 0 aliphatic heterocycles. The monoisotopic (exact) mass is 252 g/mol. The Kier molecular flexibility index (Phi) is 2.96. The number of anilines is 2. The number of carbonyl (C=O) groups excluding carboxylic acids is 1. The Morgan fingerprint density at radius 2 is 2.41 bits per heavy atom. The van der Waals surface area contributed by atoms with E-state index in [9.17, 15) is 4.79 Å². The van der Waals surface area contributed by atoms with Gasteiger partial charge in [-0.05, 0) is 11.5 Å². The first-order valence-electron chi connectivity index (χ1n) is 4.84. The topological polar surface area (TPSA) is 112 Å². The summed E-state index contributed by atoms with van der Waals surface area (Å²) in [6, 6.07) is 0. The maximum Gasteiger partial charge on any atom is 0.255 e. The third-order valence-corrected chi connectivity index (χ3v) is 3.00. The van der Waals surface area contributed by atoms with Crippen LogP contribution in [0, 0.1) is 0 Å². The summed E-state index contributed by atoms with van der Waals surface area (Å²) in [5.74, 6) is -0.416. The van der Waals surface area contributed by atoms with Crippen molar-refractivity contribution < 1.29 is 4.79 Å². The molecule has 1 amide bonds. The van der Waals surface area contributed by atoms with Crippen molar-refractivity contribution in [3.8, 4) is 0 Å². The van der Waals surface area contributed by atoms with Gasteiger partial charge in [0.25, 0.3) is 5.91 Å². The first-order valence-corrected chi connectivity index (χ1v) is 5.61. The normalized spacial score (nSPS) is 10.4. The summed E-state index contributed by atoms with van der Waals surface area (Å²) >= 11 is 1.12. The summed E-state index contributed by atoms with van der Waals surface area (Å²) in [4.78, 5) is 11.2. The number of nitrogen functional groups attached to an aromatic ring is 1. The minimum Gasteiger partial charge on any atom is -0.382 e. The first-order chi connectivity index (χ1) is 8.08. The Morgan fingerprint density at radius 3 is 3.00 bits per heavy atom. The molecule has 0 saturated carbocycles. The van der Waals surface area contributed by atoms with E-state index in [0.717, 1.165) is 17.1 Å². The van der Waals surface area contributed by atoms with Crippen LogP contribution < -0.4 is 16.8 Å². The Labute approximate surface area is 102 Å². The second-order valence-corrected chi connectivity index (χ2v) is 4.29. The van der Waals surface area contributed by atoms with E-state index in [2.05, 4.69) is 14.8 Å². The van der Waals surface area contributed by atoms with Crippen molar-refractivity contribution in [3.63, 3.8) is 0 Å². The quantitative estimate of drug-likeness (QED) is 0.718. The molecule has 0 fully saturated rings. The number of hydrogen-bond acceptors (Lipinski definition) is 6. The zero-order valence-corrected chi connectivity index (χ0v) is 9.99. The summed E-state index contributed by atoms with van der Waals surface area (Å²) in [5, 5.41) is 7.69. The lowest BCUT2D eigenvalue weighted by Crippen LogP contribution is -2.14. The second-order valence-electron chi connectivity index (χ2n) is 3.51. The molecule has 90 valence electrons. The maximum absolute atomic E-state index is 11.2. The van der Waals surface area contributed by atoms with Gasteiger partial charge in [0.1, 0.15) is 10.6 Å². The molecule has 0 bridgehead atoms. The molecule has 0 spiro atoms. The molecule has 0 unspecified atom stereocenters. The number of carbonyl (C=O) groups is 1. The highest BCUT2D eigenvalue weighted by Crippen LogP contribution is 2.26. The van der Waals surface area contributed by atoms with E-state index in [1.807, 2.05) is 13.2 Å². The second kappa shape index (κ2) is 4.42. The van der Waals surface area contributed by atoms with Crippen LogP contribution in [0.25, 0.3) is 0 Å². The first kappa shape index (κ1) is 11.4. The van der Waals surface area contributed by atoms with Crippen molar-refractivity contribution in [2.24, 2.45) is 12.8 Å². The smallest absolute Gasteiger partial charge is 0.255 e. The number of nitrogens with two attached hydrogens (primary N) is 2. The van der Waals surface area contributed by atoms with Gasteiger partial charge in [-0.3, -0.25) is 9.48 Å². The number of amides is 1. The van der Waals surface area contributed by atoms with Gasteiger partial charge in [0.15, 0.2) is 5.82 Å². The van der Waals surface area contributed by atoms with Crippen LogP contribution in [0.1, 0.15) is 15.9 Å². The van der Waals surface area contributed by atoms with Crippen LogP contribution in [-0.2, 0) is 13.6 Å². The Hall–Kier alpha value is -2.09. The summed E-state index contributed by atoms with van der Waals surface area (Å²) in [6.07, 6.45) is 3.61. The number of primary amides is 1. The fourth-order valence-electron chi connectivity index (χ4n) is 1.41. The summed E-state index contributed by atoms with van der Waals surface area (Å²) in [6.45, 7) is 0.537. The number of nitrogens with one attached hydrogen (secondary N) is 1. The van der Waals surface area contributed by atoms with Crippen molar-refractivity contribution in [2.75, 3.05) is 11.1 Å². The van der Waals surface area contributed by atoms with Gasteiger partial charge in [-0.2, -0.15) is 9.47 Å². The van der Waals surface area contributed by atoms with Gasteiger partial charge < -0.3 is 16.8 Å². The van der Waals surface area contributed by atoms with Gasteiger partial charge in [-0.1, -0.05) is 0 Å². The average Bonchev–Trinajstić information content (AvgIpc) is 2.82. The van der Waals surface area contributed by atoms with Crippen molar-refractivity contribution in [1.29, 1.82) is 0 Å². The van der Waals surface area contributed by atoms with Crippen molar-refractivity contribution >= 4 is 28.3 Å².